The van der Waals surface area contributed by atoms with Crippen molar-refractivity contribution < 1.29 is 5.11 Å². The van der Waals surface area contributed by atoms with Gasteiger partial charge >= 0.3 is 0 Å². The molecule has 0 radical (unpaired) electrons. The molecule has 1 atom stereocenters. The second-order valence-electron chi connectivity index (χ2n) is 3.18. The first-order valence-electron chi connectivity index (χ1n) is 4.62. The molecule has 0 saturated heterocycles. The highest BCUT2D eigenvalue weighted by Gasteiger charge is 2.14. The van der Waals surface area contributed by atoms with E-state index < -0.39 is 0 Å². The Morgan fingerprint density at radius 1 is 1.18 bits per heavy atom. The van der Waals surface area contributed by atoms with Gasteiger partial charge in [-0.2, -0.15) is 0 Å². The minimum atomic E-state index is -0.00472. The van der Waals surface area contributed by atoms with Gasteiger partial charge in [0.05, 0.1) is 6.61 Å². The van der Waals surface area contributed by atoms with E-state index in [1.807, 2.05) is 0 Å². The molecule has 0 aliphatic heterocycles. The van der Waals surface area contributed by atoms with Crippen molar-refractivity contribution in [1.82, 2.24) is 0 Å². The normalized spacial score (nSPS) is 13.9. The number of aliphatic hydroxyl groups excluding tert-OH is 1. The van der Waals surface area contributed by atoms with Crippen LogP contribution in [0.5, 0.6) is 0 Å². The van der Waals surface area contributed by atoms with Gasteiger partial charge in [-0.3, -0.25) is 0 Å². The molecule has 0 rings (SSSR count). The van der Waals surface area contributed by atoms with E-state index in [0.29, 0.717) is 5.92 Å². The Morgan fingerprint density at radius 2 is 1.64 bits per heavy atom. The first kappa shape index (κ1) is 10.9. The lowest BCUT2D eigenvalue weighted by Gasteiger charge is -2.20. The molecular weight excluding hydrogens is 138 g/mol. The molecule has 11 heavy (non-hydrogen) atoms. The molecule has 0 aromatic carbocycles. The summed E-state index contributed by atoms with van der Waals surface area (Å²) >= 11 is 0. The second-order valence-corrected chi connectivity index (χ2v) is 3.18. The molecule has 0 unspecified atom stereocenters. The van der Waals surface area contributed by atoms with Gasteiger partial charge in [-0.25, -0.2) is 0 Å². The van der Waals surface area contributed by atoms with Gasteiger partial charge in [0.25, 0.3) is 0 Å². The van der Waals surface area contributed by atoms with Gasteiger partial charge in [0.15, 0.2) is 0 Å². The minimum absolute atomic E-state index is 0.00472. The number of rotatable bonds is 6. The summed E-state index contributed by atoms with van der Waals surface area (Å²) < 4.78 is 0. The third kappa shape index (κ3) is 4.38. The number of hydrogen-bond acceptors (Lipinski definition) is 2. The molecular formula is C9H21NO. The Morgan fingerprint density at radius 3 is 1.91 bits per heavy atom. The fourth-order valence-corrected chi connectivity index (χ4v) is 1.46. The predicted molar refractivity (Wildman–Crippen MR) is 48.4 cm³/mol. The van der Waals surface area contributed by atoms with Crippen molar-refractivity contribution in [2.24, 2.45) is 11.7 Å². The lowest BCUT2D eigenvalue weighted by molar-refractivity contribution is 0.213. The van der Waals surface area contributed by atoms with E-state index in [4.69, 9.17) is 10.8 Å². The highest BCUT2D eigenvalue weighted by Crippen LogP contribution is 2.15. The summed E-state index contributed by atoms with van der Waals surface area (Å²) in [4.78, 5) is 0. The topological polar surface area (TPSA) is 46.2 Å². The summed E-state index contributed by atoms with van der Waals surface area (Å²) in [6, 6.07) is -0.00472. The van der Waals surface area contributed by atoms with Crippen LogP contribution in [0.4, 0.5) is 0 Å². The van der Waals surface area contributed by atoms with Gasteiger partial charge in [-0.05, 0) is 18.8 Å². The number of nitrogens with two attached hydrogens (primary N) is 1. The van der Waals surface area contributed by atoms with E-state index in [1.165, 1.54) is 12.8 Å². The van der Waals surface area contributed by atoms with Crippen molar-refractivity contribution in [3.05, 3.63) is 0 Å². The van der Waals surface area contributed by atoms with Gasteiger partial charge in [-0.15, -0.1) is 0 Å². The molecule has 0 saturated carbocycles. The first-order chi connectivity index (χ1) is 5.26. The number of hydrogen-bond donors (Lipinski definition) is 2. The zero-order chi connectivity index (χ0) is 8.69. The molecule has 0 aromatic heterocycles. The molecule has 0 amide bonds. The molecule has 68 valence electrons. The zero-order valence-corrected chi connectivity index (χ0v) is 7.71. The van der Waals surface area contributed by atoms with E-state index in [9.17, 15) is 0 Å². The Hall–Kier alpha value is -0.0800. The van der Waals surface area contributed by atoms with Gasteiger partial charge < -0.3 is 10.8 Å². The maximum Gasteiger partial charge on any atom is 0.0585 e. The molecule has 2 heteroatoms. The van der Waals surface area contributed by atoms with E-state index >= 15 is 0 Å². The van der Waals surface area contributed by atoms with Crippen molar-refractivity contribution in [2.75, 3.05) is 6.61 Å². The van der Waals surface area contributed by atoms with Crippen LogP contribution in [-0.4, -0.2) is 17.8 Å². The van der Waals surface area contributed by atoms with Crippen molar-refractivity contribution in [2.45, 2.75) is 45.6 Å². The fourth-order valence-electron chi connectivity index (χ4n) is 1.46. The third-order valence-corrected chi connectivity index (χ3v) is 2.14. The minimum Gasteiger partial charge on any atom is -0.395 e. The van der Waals surface area contributed by atoms with Crippen molar-refractivity contribution in [1.29, 1.82) is 0 Å². The summed E-state index contributed by atoms with van der Waals surface area (Å²) in [5, 5.41) is 8.83. The quantitative estimate of drug-likeness (QED) is 0.617. The standard InChI is InChI=1S/C9H21NO/c1-3-5-8(6-4-2)9(10)7-11/h8-9,11H,3-7,10H2,1-2H3/t9-/m1/s1. The van der Waals surface area contributed by atoms with Crippen LogP contribution in [0.1, 0.15) is 39.5 Å². The summed E-state index contributed by atoms with van der Waals surface area (Å²) in [7, 11) is 0. The summed E-state index contributed by atoms with van der Waals surface area (Å²) in [6.45, 7) is 4.45. The predicted octanol–water partition coefficient (Wildman–Crippen LogP) is 1.52. The van der Waals surface area contributed by atoms with Crippen LogP contribution in [0.3, 0.4) is 0 Å². The van der Waals surface area contributed by atoms with E-state index in [1.54, 1.807) is 0 Å². The van der Waals surface area contributed by atoms with Crippen LogP contribution >= 0.6 is 0 Å². The molecule has 0 fully saturated rings. The molecule has 0 aliphatic carbocycles. The van der Waals surface area contributed by atoms with Crippen LogP contribution in [-0.2, 0) is 0 Å². The van der Waals surface area contributed by atoms with Gasteiger partial charge in [0.2, 0.25) is 0 Å². The lowest BCUT2D eigenvalue weighted by atomic mass is 9.91. The Bertz CT molecular complexity index is 79.6. The van der Waals surface area contributed by atoms with Gasteiger partial charge in [0, 0.05) is 6.04 Å². The summed E-state index contributed by atoms with van der Waals surface area (Å²) in [5.74, 6) is 0.523. The Labute approximate surface area is 69.8 Å². The first-order valence-corrected chi connectivity index (χ1v) is 4.62. The van der Waals surface area contributed by atoms with Gasteiger partial charge in [-0.1, -0.05) is 26.7 Å². The average Bonchev–Trinajstić information content (AvgIpc) is 2.03. The van der Waals surface area contributed by atoms with Gasteiger partial charge in [0.1, 0.15) is 0 Å². The van der Waals surface area contributed by atoms with E-state index in [0.717, 1.165) is 12.8 Å². The van der Waals surface area contributed by atoms with E-state index in [-0.39, 0.29) is 12.6 Å². The molecule has 0 aromatic rings. The van der Waals surface area contributed by atoms with E-state index in [2.05, 4.69) is 13.8 Å². The largest absolute Gasteiger partial charge is 0.395 e. The molecule has 0 spiro atoms. The monoisotopic (exact) mass is 159 g/mol. The Kier molecular flexibility index (Phi) is 6.57. The zero-order valence-electron chi connectivity index (χ0n) is 7.71. The van der Waals surface area contributed by atoms with Crippen molar-refractivity contribution in [3.63, 3.8) is 0 Å². The van der Waals surface area contributed by atoms with Crippen LogP contribution in [0.2, 0.25) is 0 Å². The smallest absolute Gasteiger partial charge is 0.0585 e. The Balaban J connectivity index is 3.66. The highest BCUT2D eigenvalue weighted by molar-refractivity contribution is 4.70. The van der Waals surface area contributed by atoms with Crippen LogP contribution < -0.4 is 5.73 Å². The number of aliphatic hydroxyl groups is 1. The molecule has 0 bridgehead atoms. The maximum absolute atomic E-state index is 8.83. The fraction of sp³-hybridized carbons (Fsp3) is 1.00. The maximum atomic E-state index is 8.83. The molecule has 2 nitrogen and oxygen atoms in total. The lowest BCUT2D eigenvalue weighted by Crippen LogP contribution is -2.33. The molecule has 0 heterocycles. The SMILES string of the molecule is CCCC(CCC)[C@H](N)CO. The van der Waals surface area contributed by atoms with Crippen LogP contribution in [0.25, 0.3) is 0 Å². The van der Waals surface area contributed by atoms with Crippen molar-refractivity contribution >= 4 is 0 Å². The van der Waals surface area contributed by atoms with Crippen LogP contribution in [0, 0.1) is 5.92 Å². The summed E-state index contributed by atoms with van der Waals surface area (Å²) in [5.41, 5.74) is 5.74. The average molecular weight is 159 g/mol. The molecule has 3 N–H and O–H groups in total. The summed E-state index contributed by atoms with van der Waals surface area (Å²) in [6.07, 6.45) is 4.63. The molecule has 0 aliphatic rings. The third-order valence-electron chi connectivity index (χ3n) is 2.14. The van der Waals surface area contributed by atoms with Crippen LogP contribution in [0.15, 0.2) is 0 Å². The van der Waals surface area contributed by atoms with Crippen molar-refractivity contribution in [3.8, 4) is 0 Å². The second kappa shape index (κ2) is 6.62. The highest BCUT2D eigenvalue weighted by atomic mass is 16.3.